The molecular weight excluding hydrogens is 326 g/mol. The zero-order valence-corrected chi connectivity index (χ0v) is 14.8. The van der Waals surface area contributed by atoms with Crippen molar-refractivity contribution in [2.24, 2.45) is 0 Å². The number of carbonyl (C=O) groups is 1. The molecule has 23 heavy (non-hydrogen) atoms. The second-order valence-electron chi connectivity index (χ2n) is 5.66. The van der Waals surface area contributed by atoms with Gasteiger partial charge in [-0.15, -0.1) is 0 Å². The number of thiol groups is 1. The van der Waals surface area contributed by atoms with Crippen LogP contribution in [0.3, 0.4) is 0 Å². The number of nitrogens with zero attached hydrogens (tertiary/aromatic N) is 3. The number of anilines is 1. The van der Waals surface area contributed by atoms with E-state index in [1.807, 2.05) is 36.5 Å². The third-order valence-electron chi connectivity index (χ3n) is 3.96. The molecule has 1 aliphatic heterocycles. The fourth-order valence-corrected chi connectivity index (χ4v) is 4.04. The molecule has 1 aliphatic carbocycles. The summed E-state index contributed by atoms with van der Waals surface area (Å²) in [4.78, 5) is 20.2. The maximum absolute atomic E-state index is 12.9. The minimum atomic E-state index is -0.131. The van der Waals surface area contributed by atoms with Crippen molar-refractivity contribution >= 4 is 36.2 Å². The zero-order chi connectivity index (χ0) is 16.4. The van der Waals surface area contributed by atoms with Crippen molar-refractivity contribution in [3.05, 3.63) is 58.1 Å². The molecule has 0 N–H and O–H groups in total. The van der Waals surface area contributed by atoms with Crippen molar-refractivity contribution in [2.75, 3.05) is 19.0 Å². The average molecular weight is 345 g/mol. The van der Waals surface area contributed by atoms with Crippen LogP contribution in [0.15, 0.2) is 52.6 Å². The summed E-state index contributed by atoms with van der Waals surface area (Å²) in [6.07, 6.45) is 11.6. The molecule has 0 fully saturated rings. The molecule has 0 spiro atoms. The van der Waals surface area contributed by atoms with Crippen LogP contribution in [0.4, 0.5) is 5.69 Å². The fraction of sp³-hybridized carbons (Fsp3) is 0.294. The first-order valence-electron chi connectivity index (χ1n) is 7.46. The number of pyridine rings is 1. The maximum Gasteiger partial charge on any atom is 0.268 e. The van der Waals surface area contributed by atoms with Crippen LogP contribution in [-0.4, -0.2) is 35.3 Å². The first kappa shape index (κ1) is 16.2. The lowest BCUT2D eigenvalue weighted by atomic mass is 9.97. The van der Waals surface area contributed by atoms with E-state index in [2.05, 4.69) is 30.0 Å². The van der Waals surface area contributed by atoms with Crippen LogP contribution in [0.25, 0.3) is 0 Å². The fourth-order valence-electron chi connectivity index (χ4n) is 2.79. The lowest BCUT2D eigenvalue weighted by Crippen LogP contribution is -2.35. The van der Waals surface area contributed by atoms with E-state index in [1.54, 1.807) is 24.2 Å². The summed E-state index contributed by atoms with van der Waals surface area (Å²) in [5.74, 6) is -0.131. The van der Waals surface area contributed by atoms with Crippen molar-refractivity contribution in [1.29, 1.82) is 0 Å². The van der Waals surface area contributed by atoms with Crippen molar-refractivity contribution in [3.8, 4) is 0 Å². The van der Waals surface area contributed by atoms with Crippen LogP contribution in [-0.2, 0) is 0 Å². The first-order valence-corrected chi connectivity index (χ1v) is 8.74. The van der Waals surface area contributed by atoms with E-state index in [1.165, 1.54) is 14.8 Å². The Labute approximate surface area is 146 Å². The predicted octanol–water partition coefficient (Wildman–Crippen LogP) is 3.67. The van der Waals surface area contributed by atoms with E-state index in [0.29, 0.717) is 5.56 Å². The van der Waals surface area contributed by atoms with E-state index in [0.717, 1.165) is 18.5 Å². The summed E-state index contributed by atoms with van der Waals surface area (Å²) < 4.78 is 1.52. The Bertz CT molecular complexity index is 710. The highest BCUT2D eigenvalue weighted by Gasteiger charge is 2.29. The molecule has 1 unspecified atom stereocenters. The van der Waals surface area contributed by atoms with Crippen molar-refractivity contribution in [3.63, 3.8) is 0 Å². The van der Waals surface area contributed by atoms with E-state index >= 15 is 0 Å². The van der Waals surface area contributed by atoms with Gasteiger partial charge in [0, 0.05) is 31.4 Å². The summed E-state index contributed by atoms with van der Waals surface area (Å²) >= 11 is 6.23. The number of thioether (sulfide) groups is 1. The normalized spacial score (nSPS) is 19.5. The molecular formula is C17H19N3OS2. The largest absolute Gasteiger partial charge is 0.377 e. The predicted molar refractivity (Wildman–Crippen MR) is 99.6 cm³/mol. The highest BCUT2D eigenvalue weighted by Crippen LogP contribution is 2.38. The number of hydrogen-bond acceptors (Lipinski definition) is 5. The number of amides is 1. The van der Waals surface area contributed by atoms with Crippen LogP contribution < -0.4 is 4.90 Å². The molecule has 3 rings (SSSR count). The molecule has 2 aliphatic rings. The summed E-state index contributed by atoms with van der Waals surface area (Å²) in [5.41, 5.74) is 2.67. The first-order chi connectivity index (χ1) is 11.1. The van der Waals surface area contributed by atoms with Crippen LogP contribution in [0.2, 0.25) is 0 Å². The molecule has 0 saturated heterocycles. The minimum absolute atomic E-state index is 0.109. The standard InChI is InChI=1S/C17H19N3OS2/c1-19(2)14-7-9-18-11-13(14)17(21)20(22)15-8-10-23-16-6-4-3-5-12(15)16/h4,6-11,15,22H,3,5H2,1-2H3. The molecule has 0 bridgehead atoms. The molecule has 6 heteroatoms. The Morgan fingerprint density at radius 2 is 2.26 bits per heavy atom. The van der Waals surface area contributed by atoms with Gasteiger partial charge < -0.3 is 4.90 Å². The Morgan fingerprint density at radius 3 is 3.04 bits per heavy atom. The number of carbonyl (C=O) groups excluding carboxylic acids is 1. The molecule has 1 aromatic heterocycles. The highest BCUT2D eigenvalue weighted by atomic mass is 32.2. The van der Waals surface area contributed by atoms with Crippen LogP contribution in [0, 0.1) is 0 Å². The van der Waals surface area contributed by atoms with Gasteiger partial charge in [-0.05, 0) is 29.9 Å². The van der Waals surface area contributed by atoms with Gasteiger partial charge in [-0.1, -0.05) is 42.8 Å². The van der Waals surface area contributed by atoms with E-state index < -0.39 is 0 Å². The molecule has 1 atom stereocenters. The van der Waals surface area contributed by atoms with Crippen molar-refractivity contribution in [2.45, 2.75) is 18.9 Å². The van der Waals surface area contributed by atoms with Crippen LogP contribution in [0.1, 0.15) is 23.2 Å². The molecule has 1 amide bonds. The van der Waals surface area contributed by atoms with Gasteiger partial charge in [0.05, 0.1) is 17.3 Å². The Kier molecular flexibility index (Phi) is 4.82. The maximum atomic E-state index is 12.9. The third-order valence-corrected chi connectivity index (χ3v) is 5.34. The molecule has 2 heterocycles. The minimum Gasteiger partial charge on any atom is -0.377 e. The second-order valence-corrected chi connectivity index (χ2v) is 7.04. The highest BCUT2D eigenvalue weighted by molar-refractivity contribution is 8.06. The van der Waals surface area contributed by atoms with Gasteiger partial charge in [0.15, 0.2) is 0 Å². The van der Waals surface area contributed by atoms with Gasteiger partial charge in [0.2, 0.25) is 0 Å². The second kappa shape index (κ2) is 6.84. The van der Waals surface area contributed by atoms with E-state index in [-0.39, 0.29) is 11.9 Å². The van der Waals surface area contributed by atoms with E-state index in [4.69, 9.17) is 0 Å². The number of aromatic nitrogens is 1. The molecule has 0 aromatic carbocycles. The molecule has 120 valence electrons. The van der Waals surface area contributed by atoms with Crippen LogP contribution >= 0.6 is 24.6 Å². The summed E-state index contributed by atoms with van der Waals surface area (Å²) in [6.45, 7) is 0. The molecule has 4 nitrogen and oxygen atoms in total. The lowest BCUT2D eigenvalue weighted by molar-refractivity contribution is 0.0862. The van der Waals surface area contributed by atoms with Gasteiger partial charge in [0.1, 0.15) is 0 Å². The summed E-state index contributed by atoms with van der Waals surface area (Å²) in [5, 5.41) is 2.03. The zero-order valence-electron chi connectivity index (χ0n) is 13.1. The Balaban J connectivity index is 1.91. The number of rotatable bonds is 3. The third kappa shape index (κ3) is 3.19. The quantitative estimate of drug-likeness (QED) is 0.848. The average Bonchev–Trinajstić information content (AvgIpc) is 2.60. The Morgan fingerprint density at radius 1 is 1.43 bits per heavy atom. The van der Waals surface area contributed by atoms with Crippen LogP contribution in [0.5, 0.6) is 0 Å². The topological polar surface area (TPSA) is 36.4 Å². The monoisotopic (exact) mass is 345 g/mol. The SMILES string of the molecule is CN(C)c1ccncc1C(=O)N(S)C1C=CSC2=C1CCC=C2. The molecule has 0 saturated carbocycles. The Hall–Kier alpha value is -1.66. The van der Waals surface area contributed by atoms with Crippen molar-refractivity contribution < 1.29 is 4.79 Å². The van der Waals surface area contributed by atoms with Gasteiger partial charge in [-0.25, -0.2) is 0 Å². The lowest BCUT2D eigenvalue weighted by Gasteiger charge is -2.32. The summed E-state index contributed by atoms with van der Waals surface area (Å²) in [6, 6.07) is 1.73. The number of hydrogen-bond donors (Lipinski definition) is 1. The number of allylic oxidation sites excluding steroid dienone is 2. The van der Waals surface area contributed by atoms with Gasteiger partial charge in [-0.3, -0.25) is 14.1 Å². The van der Waals surface area contributed by atoms with E-state index in [9.17, 15) is 4.79 Å². The summed E-state index contributed by atoms with van der Waals surface area (Å²) in [7, 11) is 3.83. The van der Waals surface area contributed by atoms with Crippen molar-refractivity contribution in [1.82, 2.24) is 9.29 Å². The van der Waals surface area contributed by atoms with Gasteiger partial charge in [0.25, 0.3) is 5.91 Å². The van der Waals surface area contributed by atoms with Gasteiger partial charge >= 0.3 is 0 Å². The molecule has 0 radical (unpaired) electrons. The van der Waals surface area contributed by atoms with Gasteiger partial charge in [-0.2, -0.15) is 0 Å². The smallest absolute Gasteiger partial charge is 0.268 e. The molecule has 1 aromatic rings.